The first-order chi connectivity index (χ1) is 20.1. The van der Waals surface area contributed by atoms with E-state index < -0.39 is 45.3 Å². The van der Waals surface area contributed by atoms with Gasteiger partial charge in [-0.25, -0.2) is 23.1 Å². The van der Waals surface area contributed by atoms with E-state index in [1.807, 2.05) is 13.0 Å². The number of carbonyl (C=O) groups is 1. The largest absolute Gasteiger partial charge is 0.379 e. The number of nitrogens with one attached hydrogen (secondary N) is 1. The standard InChI is InChI=1S/C21H18F3N5O2S.C7H8O3S/c1-20(23,24)17-14-9-32-19(26)29-21(14,10-31-17)13-6-12(3-4-15(13)22)28-18(30)16-5-2-11(7-25)8-27-16;1-6-2-4-7(5-3-6)11(8,9)10/h2-6,8,14,17H,9-10H2,1H3,(H2,26,29)(H,28,30);2-5H,1H3,(H,8,9,10)/t14-,17+,21-;/m1./s1. The lowest BCUT2D eigenvalue weighted by Crippen LogP contribution is -2.46. The minimum absolute atomic E-state index is 0.0167. The van der Waals surface area contributed by atoms with Crippen LogP contribution >= 0.6 is 11.8 Å². The molecule has 226 valence electrons. The number of aromatic nitrogens is 1. The van der Waals surface area contributed by atoms with Crippen LogP contribution in [0.3, 0.4) is 0 Å². The number of ether oxygens (including phenoxy) is 1. The molecule has 15 heteroatoms. The van der Waals surface area contributed by atoms with Crippen molar-refractivity contribution in [3.05, 3.63) is 89.0 Å². The van der Waals surface area contributed by atoms with E-state index in [0.717, 1.165) is 30.3 Å². The van der Waals surface area contributed by atoms with Gasteiger partial charge in [0.25, 0.3) is 21.9 Å². The van der Waals surface area contributed by atoms with Crippen LogP contribution in [0.25, 0.3) is 0 Å². The van der Waals surface area contributed by atoms with Gasteiger partial charge in [-0.1, -0.05) is 29.5 Å². The molecule has 10 nitrogen and oxygen atoms in total. The number of benzene rings is 2. The van der Waals surface area contributed by atoms with E-state index in [1.54, 1.807) is 12.1 Å². The Morgan fingerprint density at radius 3 is 2.51 bits per heavy atom. The second-order valence-corrected chi connectivity index (χ2v) is 12.4. The van der Waals surface area contributed by atoms with Crippen molar-refractivity contribution in [2.45, 2.75) is 36.3 Å². The molecule has 1 saturated heterocycles. The van der Waals surface area contributed by atoms with E-state index in [2.05, 4.69) is 15.3 Å². The van der Waals surface area contributed by atoms with Crippen LogP contribution in [0, 0.1) is 30.0 Å². The Morgan fingerprint density at radius 2 is 1.93 bits per heavy atom. The van der Waals surface area contributed by atoms with Crippen LogP contribution in [0.4, 0.5) is 18.9 Å². The van der Waals surface area contributed by atoms with Crippen LogP contribution in [-0.2, 0) is 20.4 Å². The van der Waals surface area contributed by atoms with Gasteiger partial charge in [-0.2, -0.15) is 13.7 Å². The number of thioether (sulfide) groups is 1. The van der Waals surface area contributed by atoms with Crippen molar-refractivity contribution in [3.8, 4) is 6.07 Å². The molecule has 1 aromatic heterocycles. The number of hydrogen-bond acceptors (Lipinski definition) is 9. The Hall–Kier alpha value is -3.97. The maximum absolute atomic E-state index is 15.0. The van der Waals surface area contributed by atoms with Crippen LogP contribution < -0.4 is 11.1 Å². The summed E-state index contributed by atoms with van der Waals surface area (Å²) in [7, 11) is -4.02. The predicted molar refractivity (Wildman–Crippen MR) is 154 cm³/mol. The van der Waals surface area contributed by atoms with Gasteiger partial charge in [0, 0.05) is 36.0 Å². The molecular weight excluding hydrogens is 607 g/mol. The van der Waals surface area contributed by atoms with Gasteiger partial charge in [0.05, 0.1) is 17.1 Å². The third-order valence-corrected chi connectivity index (χ3v) is 8.60. The van der Waals surface area contributed by atoms with E-state index in [4.69, 9.17) is 20.3 Å². The number of nitrogens with zero attached hydrogens (tertiary/aromatic N) is 3. The summed E-state index contributed by atoms with van der Waals surface area (Å²) in [5, 5.41) is 11.6. The second kappa shape index (κ2) is 12.3. The number of aliphatic imine (C=N–C) groups is 1. The number of hydrogen-bond donors (Lipinski definition) is 3. The van der Waals surface area contributed by atoms with Crippen molar-refractivity contribution >= 4 is 38.6 Å². The number of fused-ring (bicyclic) bond motifs is 1. The third kappa shape index (κ3) is 7.16. The highest BCUT2D eigenvalue weighted by Crippen LogP contribution is 2.51. The molecule has 0 radical (unpaired) electrons. The summed E-state index contributed by atoms with van der Waals surface area (Å²) in [6.07, 6.45) is -0.195. The average Bonchev–Trinajstić information content (AvgIpc) is 3.34. The smallest absolute Gasteiger partial charge is 0.294 e. The Labute approximate surface area is 249 Å². The monoisotopic (exact) mass is 633 g/mol. The number of halogens is 3. The zero-order valence-corrected chi connectivity index (χ0v) is 24.4. The molecule has 0 bridgehead atoms. The van der Waals surface area contributed by atoms with E-state index in [-0.39, 0.29) is 39.4 Å². The summed E-state index contributed by atoms with van der Waals surface area (Å²) in [6.45, 7) is 2.34. The van der Waals surface area contributed by atoms with Gasteiger partial charge in [0.1, 0.15) is 29.2 Å². The number of alkyl halides is 2. The van der Waals surface area contributed by atoms with E-state index in [9.17, 15) is 26.4 Å². The SMILES string of the molecule is CC(F)(F)[C@H]1OC[C@]2(c3cc(NC(=O)c4ccc(C#N)cn4)ccc3F)N=C(N)SC[C@H]12.Cc1ccc(S(=O)(=O)O)cc1. The van der Waals surface area contributed by atoms with Gasteiger partial charge in [-0.05, 0) is 49.4 Å². The van der Waals surface area contributed by atoms with Gasteiger partial charge in [0.2, 0.25) is 0 Å². The van der Waals surface area contributed by atoms with E-state index >= 15 is 0 Å². The number of amidine groups is 1. The van der Waals surface area contributed by atoms with Gasteiger partial charge in [0.15, 0.2) is 5.17 Å². The van der Waals surface area contributed by atoms with Gasteiger partial charge >= 0.3 is 0 Å². The predicted octanol–water partition coefficient (Wildman–Crippen LogP) is 4.51. The van der Waals surface area contributed by atoms with Crippen LogP contribution in [0.5, 0.6) is 0 Å². The highest BCUT2D eigenvalue weighted by atomic mass is 32.2. The van der Waals surface area contributed by atoms with Crippen molar-refractivity contribution in [3.63, 3.8) is 0 Å². The van der Waals surface area contributed by atoms with Crippen molar-refractivity contribution in [1.29, 1.82) is 5.26 Å². The fourth-order valence-corrected chi connectivity index (χ4v) is 6.22. The van der Waals surface area contributed by atoms with Crippen LogP contribution in [0.1, 0.15) is 34.1 Å². The van der Waals surface area contributed by atoms with Crippen molar-refractivity contribution < 1.29 is 35.7 Å². The first-order valence-electron chi connectivity index (χ1n) is 12.6. The van der Waals surface area contributed by atoms with Gasteiger partial charge in [-0.3, -0.25) is 9.35 Å². The molecule has 3 aromatic rings. The molecule has 3 heterocycles. The second-order valence-electron chi connectivity index (χ2n) is 9.96. The molecule has 4 N–H and O–H groups in total. The fraction of sp³-hybridized carbons (Fsp3) is 0.286. The molecule has 43 heavy (non-hydrogen) atoms. The summed E-state index contributed by atoms with van der Waals surface area (Å²) in [5.74, 6) is -5.03. The number of carbonyl (C=O) groups excluding carboxylic acids is 1. The Kier molecular flexibility index (Phi) is 9.16. The topological polar surface area (TPSA) is 168 Å². The van der Waals surface area contributed by atoms with Crippen LogP contribution in [0.15, 0.2) is 70.7 Å². The van der Waals surface area contributed by atoms with Crippen LogP contribution in [-0.4, -0.2) is 53.4 Å². The molecule has 0 aliphatic carbocycles. The zero-order chi connectivity index (χ0) is 31.6. The molecule has 0 saturated carbocycles. The normalized spacial score (nSPS) is 21.5. The molecule has 5 rings (SSSR count). The number of rotatable bonds is 5. The maximum atomic E-state index is 15.0. The average molecular weight is 634 g/mol. The number of nitriles is 1. The minimum atomic E-state index is -4.02. The molecule has 0 unspecified atom stereocenters. The van der Waals surface area contributed by atoms with Gasteiger partial charge in [-0.15, -0.1) is 0 Å². The summed E-state index contributed by atoms with van der Waals surface area (Å²) in [6, 6.07) is 14.6. The zero-order valence-electron chi connectivity index (χ0n) is 22.8. The molecule has 3 atom stereocenters. The summed E-state index contributed by atoms with van der Waals surface area (Å²) < 4.78 is 78.3. The summed E-state index contributed by atoms with van der Waals surface area (Å²) in [5.41, 5.74) is 6.00. The number of aryl methyl sites for hydroxylation is 1. The Morgan fingerprint density at radius 1 is 1.23 bits per heavy atom. The van der Waals surface area contributed by atoms with Crippen LogP contribution in [0.2, 0.25) is 0 Å². The maximum Gasteiger partial charge on any atom is 0.294 e. The first-order valence-corrected chi connectivity index (χ1v) is 15.1. The van der Waals surface area contributed by atoms with Crippen molar-refractivity contribution in [1.82, 2.24) is 4.98 Å². The lowest BCUT2D eigenvalue weighted by atomic mass is 9.77. The van der Waals surface area contributed by atoms with Crippen molar-refractivity contribution in [2.24, 2.45) is 16.6 Å². The van der Waals surface area contributed by atoms with Crippen molar-refractivity contribution in [2.75, 3.05) is 17.7 Å². The van der Waals surface area contributed by atoms with E-state index in [1.165, 1.54) is 42.6 Å². The number of anilines is 1. The molecule has 2 aliphatic rings. The molecule has 2 aromatic carbocycles. The number of nitrogens with two attached hydrogens (primary N) is 1. The highest BCUT2D eigenvalue weighted by Gasteiger charge is 2.59. The lowest BCUT2D eigenvalue weighted by molar-refractivity contribution is -0.113. The third-order valence-electron chi connectivity index (χ3n) is 6.82. The molecule has 1 fully saturated rings. The fourth-order valence-electron chi connectivity index (χ4n) is 4.71. The summed E-state index contributed by atoms with van der Waals surface area (Å²) in [4.78, 5) is 20.7. The number of amides is 1. The first kappa shape index (κ1) is 32.0. The quantitative estimate of drug-likeness (QED) is 0.342. The van der Waals surface area contributed by atoms with E-state index in [0.29, 0.717) is 5.56 Å². The van der Waals surface area contributed by atoms with Gasteiger partial charge < -0.3 is 15.8 Å². The lowest BCUT2D eigenvalue weighted by Gasteiger charge is -2.37. The highest BCUT2D eigenvalue weighted by molar-refractivity contribution is 8.13. The molecular formula is C28H26F3N5O5S2. The number of pyridine rings is 1. The molecule has 0 spiro atoms. The molecule has 2 aliphatic heterocycles. The Bertz CT molecular complexity index is 1690. The Balaban J connectivity index is 0.000000324. The summed E-state index contributed by atoms with van der Waals surface area (Å²) >= 11 is 1.12. The minimum Gasteiger partial charge on any atom is -0.379 e. The molecule has 1 amide bonds.